The van der Waals surface area contributed by atoms with Crippen LogP contribution in [0.3, 0.4) is 0 Å². The lowest BCUT2D eigenvalue weighted by Gasteiger charge is -2.22. The highest BCUT2D eigenvalue weighted by Gasteiger charge is 2.31. The number of anilines is 1. The van der Waals surface area contributed by atoms with Crippen LogP contribution in [-0.2, 0) is 0 Å². The van der Waals surface area contributed by atoms with E-state index in [2.05, 4.69) is 48.3 Å². The minimum atomic E-state index is -0.290. The zero-order valence-electron chi connectivity index (χ0n) is 17.9. The Morgan fingerprint density at radius 2 is 2.03 bits per heavy atom. The van der Waals surface area contributed by atoms with E-state index < -0.39 is 0 Å². The third-order valence-corrected chi connectivity index (χ3v) is 6.01. The maximum atomic E-state index is 13.2. The number of amides is 2. The number of hydrogen-bond acceptors (Lipinski definition) is 6. The number of nitrogens with one attached hydrogen (secondary N) is 2. The van der Waals surface area contributed by atoms with Gasteiger partial charge in [0, 0.05) is 36.9 Å². The lowest BCUT2D eigenvalue weighted by atomic mass is 10.1. The summed E-state index contributed by atoms with van der Waals surface area (Å²) in [7, 11) is 1.56. The summed E-state index contributed by atoms with van der Waals surface area (Å²) in [6.45, 7) is 11.0. The van der Waals surface area contributed by atoms with Gasteiger partial charge in [0.2, 0.25) is 0 Å². The van der Waals surface area contributed by atoms with E-state index in [1.165, 1.54) is 11.3 Å². The second kappa shape index (κ2) is 8.10. The van der Waals surface area contributed by atoms with Crippen LogP contribution >= 0.6 is 11.3 Å². The fraction of sp³-hybridized carbons (Fsp3) is 0.524. The van der Waals surface area contributed by atoms with Crippen LogP contribution in [-0.4, -0.2) is 51.9 Å². The van der Waals surface area contributed by atoms with E-state index in [0.717, 1.165) is 36.3 Å². The first-order chi connectivity index (χ1) is 13.6. The molecule has 1 saturated heterocycles. The van der Waals surface area contributed by atoms with Gasteiger partial charge in [0.05, 0.1) is 4.88 Å². The van der Waals surface area contributed by atoms with Gasteiger partial charge >= 0.3 is 0 Å². The summed E-state index contributed by atoms with van der Waals surface area (Å²) in [6, 6.07) is 2.14. The first kappa shape index (κ1) is 21.2. The molecule has 1 atom stereocenters. The highest BCUT2D eigenvalue weighted by molar-refractivity contribution is 7.17. The number of aryl methyl sites for hydroxylation is 1. The molecule has 3 heterocycles. The summed E-state index contributed by atoms with van der Waals surface area (Å²) >= 11 is 1.24. The Bertz CT molecular complexity index is 932. The predicted octanol–water partition coefficient (Wildman–Crippen LogP) is 3.71. The van der Waals surface area contributed by atoms with Crippen molar-refractivity contribution < 1.29 is 9.59 Å². The zero-order chi connectivity index (χ0) is 21.3. The lowest BCUT2D eigenvalue weighted by Crippen LogP contribution is -2.34. The molecule has 2 N–H and O–H groups in total. The summed E-state index contributed by atoms with van der Waals surface area (Å²) in [5.74, 6) is 0.366. The molecule has 2 amide bonds. The normalized spacial score (nSPS) is 16.8. The molecule has 0 saturated carbocycles. The number of rotatable bonds is 4. The van der Waals surface area contributed by atoms with E-state index in [1.807, 2.05) is 17.9 Å². The molecule has 1 aliphatic heterocycles. The molecule has 156 valence electrons. The van der Waals surface area contributed by atoms with Gasteiger partial charge in [0.25, 0.3) is 11.8 Å². The predicted molar refractivity (Wildman–Crippen MR) is 117 cm³/mol. The monoisotopic (exact) mass is 415 g/mol. The molecule has 0 radical (unpaired) electrons. The Hall–Kier alpha value is -2.48. The van der Waals surface area contributed by atoms with Crippen molar-refractivity contribution in [2.24, 2.45) is 0 Å². The van der Waals surface area contributed by atoms with Gasteiger partial charge in [0.1, 0.15) is 11.5 Å². The standard InChI is InChI=1S/C21H29N5O2S/c1-12-10-15(25-21(3,4)5)23-11-14(12)17-16(24-19(29-17)18(27)22-6)20(28)26-9-7-8-13(26)2/h10-11,13H,7-9H2,1-6H3,(H,22,27)(H,23,25)/t13-/m0/s1. The number of aromatic nitrogens is 2. The van der Waals surface area contributed by atoms with E-state index >= 15 is 0 Å². The summed E-state index contributed by atoms with van der Waals surface area (Å²) < 4.78 is 0. The van der Waals surface area contributed by atoms with Crippen LogP contribution in [0, 0.1) is 6.92 Å². The van der Waals surface area contributed by atoms with Crippen molar-refractivity contribution >= 4 is 29.0 Å². The Balaban J connectivity index is 2.05. The smallest absolute Gasteiger partial charge is 0.280 e. The number of carbonyl (C=O) groups is 2. The quantitative estimate of drug-likeness (QED) is 0.795. The van der Waals surface area contributed by atoms with Crippen molar-refractivity contribution in [3.05, 3.63) is 28.5 Å². The van der Waals surface area contributed by atoms with Crippen molar-refractivity contribution in [2.75, 3.05) is 18.9 Å². The molecule has 1 fully saturated rings. The molecule has 8 heteroatoms. The third kappa shape index (κ3) is 4.58. The number of hydrogen-bond donors (Lipinski definition) is 2. The molecule has 1 aliphatic rings. The number of carbonyl (C=O) groups excluding carboxylic acids is 2. The number of pyridine rings is 1. The highest BCUT2D eigenvalue weighted by atomic mass is 32.1. The minimum absolute atomic E-state index is 0.106. The number of nitrogens with zero attached hydrogens (tertiary/aromatic N) is 3. The van der Waals surface area contributed by atoms with E-state index in [9.17, 15) is 9.59 Å². The summed E-state index contributed by atoms with van der Waals surface area (Å²) in [6.07, 6.45) is 3.73. The fourth-order valence-electron chi connectivity index (χ4n) is 3.47. The van der Waals surface area contributed by atoms with Gasteiger partial charge in [-0.2, -0.15) is 0 Å². The lowest BCUT2D eigenvalue weighted by molar-refractivity contribution is 0.0743. The minimum Gasteiger partial charge on any atom is -0.365 e. The molecule has 0 aromatic carbocycles. The average molecular weight is 416 g/mol. The van der Waals surface area contributed by atoms with Crippen molar-refractivity contribution in [2.45, 2.75) is 59.0 Å². The molecule has 7 nitrogen and oxygen atoms in total. The second-order valence-electron chi connectivity index (χ2n) is 8.53. The SMILES string of the molecule is CNC(=O)c1nc(C(=O)N2CCC[C@@H]2C)c(-c2cnc(NC(C)(C)C)cc2C)s1. The van der Waals surface area contributed by atoms with Crippen molar-refractivity contribution in [1.29, 1.82) is 0 Å². The molecule has 0 aliphatic carbocycles. The van der Waals surface area contributed by atoms with Gasteiger partial charge in [-0.1, -0.05) is 0 Å². The van der Waals surface area contributed by atoms with Crippen LogP contribution in [0.25, 0.3) is 10.4 Å². The van der Waals surface area contributed by atoms with Crippen LogP contribution in [0.4, 0.5) is 5.82 Å². The molecular weight excluding hydrogens is 386 g/mol. The Labute approximate surface area is 175 Å². The van der Waals surface area contributed by atoms with Gasteiger partial charge in [0.15, 0.2) is 5.01 Å². The van der Waals surface area contributed by atoms with E-state index in [1.54, 1.807) is 13.2 Å². The Morgan fingerprint density at radius 1 is 1.31 bits per heavy atom. The van der Waals surface area contributed by atoms with Crippen molar-refractivity contribution in [1.82, 2.24) is 20.2 Å². The fourth-order valence-corrected chi connectivity index (χ4v) is 4.55. The third-order valence-electron chi connectivity index (χ3n) is 4.92. The first-order valence-corrected chi connectivity index (χ1v) is 10.7. The van der Waals surface area contributed by atoms with E-state index in [-0.39, 0.29) is 28.4 Å². The molecule has 2 aromatic rings. The summed E-state index contributed by atoms with van der Waals surface area (Å²) in [4.78, 5) is 37.0. The zero-order valence-corrected chi connectivity index (χ0v) is 18.7. The molecule has 0 unspecified atom stereocenters. The van der Waals surface area contributed by atoms with Gasteiger partial charge in [-0.25, -0.2) is 9.97 Å². The molecule has 0 spiro atoms. The first-order valence-electron chi connectivity index (χ1n) is 9.90. The van der Waals surface area contributed by atoms with Crippen LogP contribution in [0.2, 0.25) is 0 Å². The van der Waals surface area contributed by atoms with Crippen LogP contribution in [0.1, 0.15) is 66.4 Å². The topological polar surface area (TPSA) is 87.2 Å². The van der Waals surface area contributed by atoms with Gasteiger partial charge in [-0.15, -0.1) is 11.3 Å². The molecule has 3 rings (SSSR count). The molecule has 2 aromatic heterocycles. The Kier molecular flexibility index (Phi) is 5.93. The molecule has 29 heavy (non-hydrogen) atoms. The van der Waals surface area contributed by atoms with Gasteiger partial charge in [-0.3, -0.25) is 9.59 Å². The Morgan fingerprint density at radius 3 is 2.59 bits per heavy atom. The van der Waals surface area contributed by atoms with Crippen LogP contribution in [0.15, 0.2) is 12.3 Å². The van der Waals surface area contributed by atoms with Crippen LogP contribution in [0.5, 0.6) is 0 Å². The van der Waals surface area contributed by atoms with E-state index in [4.69, 9.17) is 0 Å². The number of likely N-dealkylation sites (tertiary alicyclic amines) is 1. The molecular formula is C21H29N5O2S. The maximum absolute atomic E-state index is 13.2. The summed E-state index contributed by atoms with van der Waals surface area (Å²) in [5.41, 5.74) is 2.03. The summed E-state index contributed by atoms with van der Waals surface area (Å²) in [5, 5.41) is 6.24. The van der Waals surface area contributed by atoms with E-state index in [0.29, 0.717) is 10.6 Å². The number of thiazole rings is 1. The second-order valence-corrected chi connectivity index (χ2v) is 9.52. The van der Waals surface area contributed by atoms with Crippen LogP contribution < -0.4 is 10.6 Å². The largest absolute Gasteiger partial charge is 0.365 e. The molecule has 0 bridgehead atoms. The van der Waals surface area contributed by atoms with Crippen molar-refractivity contribution in [3.8, 4) is 10.4 Å². The maximum Gasteiger partial charge on any atom is 0.280 e. The highest BCUT2D eigenvalue weighted by Crippen LogP contribution is 2.35. The van der Waals surface area contributed by atoms with Crippen molar-refractivity contribution in [3.63, 3.8) is 0 Å². The van der Waals surface area contributed by atoms with Gasteiger partial charge in [-0.05, 0) is 59.1 Å². The average Bonchev–Trinajstić information content (AvgIpc) is 3.26. The van der Waals surface area contributed by atoms with Gasteiger partial charge < -0.3 is 15.5 Å².